The predicted molar refractivity (Wildman–Crippen MR) is 67.1 cm³/mol. The van der Waals surface area contributed by atoms with Gasteiger partial charge in [-0.15, -0.1) is 0 Å². The zero-order chi connectivity index (χ0) is 10.8. The highest BCUT2D eigenvalue weighted by Crippen LogP contribution is 2.01. The maximum absolute atomic E-state index is 3.38. The first-order valence-corrected chi connectivity index (χ1v) is 6.14. The molecule has 1 N–H and O–H groups in total. The zero-order valence-corrected chi connectivity index (χ0v) is 9.91. The van der Waals surface area contributed by atoms with E-state index in [2.05, 4.69) is 41.4 Å². The average molecular weight is 208 g/mol. The van der Waals surface area contributed by atoms with Crippen molar-refractivity contribution < 1.29 is 0 Å². The van der Waals surface area contributed by atoms with Crippen LogP contribution in [-0.4, -0.2) is 37.6 Å². The van der Waals surface area contributed by atoms with E-state index < -0.39 is 0 Å². The minimum atomic E-state index is 1.17. The van der Waals surface area contributed by atoms with Gasteiger partial charge in [0.2, 0.25) is 0 Å². The summed E-state index contributed by atoms with van der Waals surface area (Å²) in [6, 6.07) is 0. The molecule has 0 aromatic carbocycles. The Labute approximate surface area is 94.0 Å². The molecule has 1 aliphatic rings. The van der Waals surface area contributed by atoms with E-state index in [4.69, 9.17) is 0 Å². The predicted octanol–water partition coefficient (Wildman–Crippen LogP) is 2.19. The minimum Gasteiger partial charge on any atom is -0.314 e. The second-order valence-electron chi connectivity index (χ2n) is 4.04. The van der Waals surface area contributed by atoms with Gasteiger partial charge in [-0.1, -0.05) is 24.3 Å². The lowest BCUT2D eigenvalue weighted by atomic mass is 10.2. The molecular formula is C13H24N2. The fourth-order valence-electron chi connectivity index (χ4n) is 1.82. The van der Waals surface area contributed by atoms with Crippen molar-refractivity contribution in [2.45, 2.75) is 26.2 Å². The third kappa shape index (κ3) is 6.47. The quantitative estimate of drug-likeness (QED) is 0.532. The Hall–Kier alpha value is -0.600. The highest BCUT2D eigenvalue weighted by atomic mass is 15.2. The topological polar surface area (TPSA) is 15.3 Å². The monoisotopic (exact) mass is 208 g/mol. The molecule has 0 spiro atoms. The Balaban J connectivity index is 1.91. The number of unbranched alkanes of at least 4 members (excludes halogenated alkanes) is 2. The van der Waals surface area contributed by atoms with Crippen molar-refractivity contribution in [2.24, 2.45) is 0 Å². The third-order valence-electron chi connectivity index (χ3n) is 2.74. The van der Waals surface area contributed by atoms with Gasteiger partial charge in [-0.25, -0.2) is 0 Å². The van der Waals surface area contributed by atoms with E-state index in [0.29, 0.717) is 0 Å². The molecule has 0 bridgehead atoms. The summed E-state index contributed by atoms with van der Waals surface area (Å²) in [5.74, 6) is 0. The molecule has 0 aromatic rings. The van der Waals surface area contributed by atoms with Crippen molar-refractivity contribution in [3.8, 4) is 0 Å². The SMILES string of the molecule is C/C=C\C=C/CCCCN1CCNCC1. The van der Waals surface area contributed by atoms with Crippen molar-refractivity contribution in [1.82, 2.24) is 10.2 Å². The molecule has 0 saturated carbocycles. The van der Waals surface area contributed by atoms with Gasteiger partial charge in [-0.2, -0.15) is 0 Å². The second-order valence-corrected chi connectivity index (χ2v) is 4.04. The molecule has 0 unspecified atom stereocenters. The molecule has 15 heavy (non-hydrogen) atoms. The number of nitrogens with zero attached hydrogens (tertiary/aromatic N) is 1. The minimum absolute atomic E-state index is 1.17. The first-order chi connectivity index (χ1) is 7.43. The van der Waals surface area contributed by atoms with E-state index in [-0.39, 0.29) is 0 Å². The molecule has 0 aliphatic carbocycles. The van der Waals surface area contributed by atoms with Crippen LogP contribution in [0.1, 0.15) is 26.2 Å². The van der Waals surface area contributed by atoms with Gasteiger partial charge in [0.25, 0.3) is 0 Å². The Morgan fingerprint density at radius 2 is 1.93 bits per heavy atom. The van der Waals surface area contributed by atoms with Crippen LogP contribution in [0.2, 0.25) is 0 Å². The summed E-state index contributed by atoms with van der Waals surface area (Å²) in [7, 11) is 0. The molecular weight excluding hydrogens is 184 g/mol. The van der Waals surface area contributed by atoms with Crippen LogP contribution in [0.4, 0.5) is 0 Å². The lowest BCUT2D eigenvalue weighted by Gasteiger charge is -2.26. The molecule has 1 saturated heterocycles. The molecule has 0 atom stereocenters. The first-order valence-electron chi connectivity index (χ1n) is 6.14. The zero-order valence-electron chi connectivity index (χ0n) is 9.91. The van der Waals surface area contributed by atoms with E-state index in [9.17, 15) is 0 Å². The molecule has 0 radical (unpaired) electrons. The highest BCUT2D eigenvalue weighted by Gasteiger charge is 2.07. The molecule has 1 fully saturated rings. The summed E-state index contributed by atoms with van der Waals surface area (Å²) in [6.07, 6.45) is 12.4. The van der Waals surface area contributed by atoms with Gasteiger partial charge in [-0.3, -0.25) is 0 Å². The molecule has 2 heteroatoms. The molecule has 0 amide bonds. The van der Waals surface area contributed by atoms with E-state index in [1.165, 1.54) is 52.0 Å². The van der Waals surface area contributed by atoms with Crippen LogP contribution >= 0.6 is 0 Å². The number of piperazine rings is 1. The molecule has 1 aliphatic heterocycles. The van der Waals surface area contributed by atoms with Crippen molar-refractivity contribution in [3.05, 3.63) is 24.3 Å². The smallest absolute Gasteiger partial charge is 0.0107 e. The number of nitrogens with one attached hydrogen (secondary N) is 1. The van der Waals surface area contributed by atoms with Gasteiger partial charge in [0, 0.05) is 26.2 Å². The fraction of sp³-hybridized carbons (Fsp3) is 0.692. The summed E-state index contributed by atoms with van der Waals surface area (Å²) in [6.45, 7) is 8.12. The van der Waals surface area contributed by atoms with Gasteiger partial charge in [0.05, 0.1) is 0 Å². The number of hydrogen-bond donors (Lipinski definition) is 1. The van der Waals surface area contributed by atoms with Gasteiger partial charge < -0.3 is 10.2 Å². The lowest BCUT2D eigenvalue weighted by Crippen LogP contribution is -2.43. The summed E-state index contributed by atoms with van der Waals surface area (Å²) in [4.78, 5) is 2.56. The van der Waals surface area contributed by atoms with Crippen molar-refractivity contribution in [3.63, 3.8) is 0 Å². The van der Waals surface area contributed by atoms with Gasteiger partial charge in [-0.05, 0) is 32.7 Å². The average Bonchev–Trinajstić information content (AvgIpc) is 2.29. The van der Waals surface area contributed by atoms with E-state index >= 15 is 0 Å². The fourth-order valence-corrected chi connectivity index (χ4v) is 1.82. The Morgan fingerprint density at radius 3 is 2.67 bits per heavy atom. The second kappa shape index (κ2) is 8.69. The molecule has 2 nitrogen and oxygen atoms in total. The Morgan fingerprint density at radius 1 is 1.13 bits per heavy atom. The summed E-state index contributed by atoms with van der Waals surface area (Å²) in [5.41, 5.74) is 0. The van der Waals surface area contributed by atoms with Crippen LogP contribution in [0.15, 0.2) is 24.3 Å². The van der Waals surface area contributed by atoms with Crippen LogP contribution in [0.3, 0.4) is 0 Å². The number of rotatable bonds is 6. The van der Waals surface area contributed by atoms with E-state index in [0.717, 1.165) is 0 Å². The maximum atomic E-state index is 3.38. The Kier molecular flexibility index (Phi) is 7.22. The van der Waals surface area contributed by atoms with E-state index in [1.807, 2.05) is 0 Å². The molecule has 0 aromatic heterocycles. The third-order valence-corrected chi connectivity index (χ3v) is 2.74. The lowest BCUT2D eigenvalue weighted by molar-refractivity contribution is 0.237. The van der Waals surface area contributed by atoms with Crippen LogP contribution < -0.4 is 5.32 Å². The van der Waals surface area contributed by atoms with Crippen LogP contribution in [0.25, 0.3) is 0 Å². The highest BCUT2D eigenvalue weighted by molar-refractivity contribution is 5.00. The largest absolute Gasteiger partial charge is 0.314 e. The summed E-state index contributed by atoms with van der Waals surface area (Å²) >= 11 is 0. The van der Waals surface area contributed by atoms with Crippen molar-refractivity contribution in [2.75, 3.05) is 32.7 Å². The molecule has 86 valence electrons. The number of hydrogen-bond acceptors (Lipinski definition) is 2. The van der Waals surface area contributed by atoms with Crippen molar-refractivity contribution in [1.29, 1.82) is 0 Å². The summed E-state index contributed by atoms with van der Waals surface area (Å²) in [5, 5.41) is 3.38. The molecule has 1 rings (SSSR count). The maximum Gasteiger partial charge on any atom is 0.0107 e. The van der Waals surface area contributed by atoms with Gasteiger partial charge in [0.15, 0.2) is 0 Å². The normalized spacial score (nSPS) is 19.3. The van der Waals surface area contributed by atoms with Crippen LogP contribution in [-0.2, 0) is 0 Å². The summed E-state index contributed by atoms with van der Waals surface area (Å²) < 4.78 is 0. The first kappa shape index (κ1) is 12.5. The number of allylic oxidation sites excluding steroid dienone is 4. The van der Waals surface area contributed by atoms with E-state index in [1.54, 1.807) is 0 Å². The van der Waals surface area contributed by atoms with Crippen LogP contribution in [0, 0.1) is 0 Å². The van der Waals surface area contributed by atoms with Crippen LogP contribution in [0.5, 0.6) is 0 Å². The standard InChI is InChI=1S/C13H24N2/c1-2-3-4-5-6-7-8-11-15-12-9-14-10-13-15/h2-5,14H,6-13H2,1H3/b3-2-,5-4-. The van der Waals surface area contributed by atoms with Crippen molar-refractivity contribution >= 4 is 0 Å². The van der Waals surface area contributed by atoms with Gasteiger partial charge >= 0.3 is 0 Å². The van der Waals surface area contributed by atoms with Gasteiger partial charge in [0.1, 0.15) is 0 Å². The Bertz CT molecular complexity index is 191. The molecule has 1 heterocycles.